The number of aromatic nitrogens is 4. The zero-order chi connectivity index (χ0) is 23.7. The molecule has 4 aromatic rings. The summed E-state index contributed by atoms with van der Waals surface area (Å²) in [7, 11) is 1.51. The number of hydrogen-bond donors (Lipinski definition) is 0. The first-order chi connectivity index (χ1) is 15.8. The molecule has 0 bridgehead atoms. The average Bonchev–Trinajstić information content (AvgIpc) is 3.21. The van der Waals surface area contributed by atoms with Crippen LogP contribution < -0.4 is 16.0 Å². The van der Waals surface area contributed by atoms with E-state index in [1.165, 1.54) is 24.1 Å². The zero-order valence-electron chi connectivity index (χ0n) is 17.5. The molecule has 0 radical (unpaired) electrons. The summed E-state index contributed by atoms with van der Waals surface area (Å²) in [6.45, 7) is 3.13. The third-order valence-electron chi connectivity index (χ3n) is 5.09. The second-order valence-electron chi connectivity index (χ2n) is 7.11. The van der Waals surface area contributed by atoms with Crippen LogP contribution in [0, 0.1) is 11.6 Å². The van der Waals surface area contributed by atoms with Crippen molar-refractivity contribution in [1.29, 1.82) is 0 Å². The molecule has 10 heteroatoms. The van der Waals surface area contributed by atoms with Crippen molar-refractivity contribution in [3.8, 4) is 11.4 Å². The summed E-state index contributed by atoms with van der Waals surface area (Å²) in [5, 5.41) is 0. The van der Waals surface area contributed by atoms with Gasteiger partial charge in [0.2, 0.25) is 0 Å². The third-order valence-corrected chi connectivity index (χ3v) is 5.09. The van der Waals surface area contributed by atoms with Gasteiger partial charge < -0.3 is 9.30 Å². The van der Waals surface area contributed by atoms with Crippen LogP contribution in [0.1, 0.15) is 10.4 Å². The topological polar surface area (TPSA) is 88.1 Å². The van der Waals surface area contributed by atoms with Gasteiger partial charge >= 0.3 is 5.69 Å². The molecule has 168 valence electrons. The van der Waals surface area contributed by atoms with Crippen molar-refractivity contribution in [1.82, 2.24) is 18.7 Å². The Morgan fingerprint density at radius 3 is 2.52 bits per heavy atom. The lowest BCUT2D eigenvalue weighted by Gasteiger charge is -2.12. The van der Waals surface area contributed by atoms with E-state index in [0.29, 0.717) is 17.4 Å². The van der Waals surface area contributed by atoms with Crippen molar-refractivity contribution in [2.45, 2.75) is 13.1 Å². The molecular formula is C23H18F2N4O4. The molecule has 2 aromatic heterocycles. The Labute approximate surface area is 185 Å². The SMILES string of the molecule is C=CCn1c(=O)c2c(ncn2CC(=O)c2ccc(OC)cc2)n(-c2ccc(F)cc2F)c1=O. The molecule has 0 N–H and O–H groups in total. The lowest BCUT2D eigenvalue weighted by molar-refractivity contribution is 0.0973. The average molecular weight is 452 g/mol. The number of halogens is 2. The lowest BCUT2D eigenvalue weighted by Crippen LogP contribution is -2.40. The van der Waals surface area contributed by atoms with Gasteiger partial charge in [-0.05, 0) is 36.4 Å². The van der Waals surface area contributed by atoms with E-state index in [9.17, 15) is 23.2 Å². The Morgan fingerprint density at radius 2 is 1.88 bits per heavy atom. The normalized spacial score (nSPS) is 11.0. The maximum Gasteiger partial charge on any atom is 0.337 e. The Morgan fingerprint density at radius 1 is 1.15 bits per heavy atom. The summed E-state index contributed by atoms with van der Waals surface area (Å²) < 4.78 is 36.1. The Balaban J connectivity index is 1.90. The molecule has 0 unspecified atom stereocenters. The fourth-order valence-electron chi connectivity index (χ4n) is 3.49. The predicted octanol–water partition coefficient (Wildman–Crippen LogP) is 2.70. The number of carbonyl (C=O) groups excluding carboxylic acids is 1. The molecule has 0 aliphatic carbocycles. The number of benzene rings is 2. The first-order valence-corrected chi connectivity index (χ1v) is 9.80. The van der Waals surface area contributed by atoms with Gasteiger partial charge in [-0.2, -0.15) is 0 Å². The molecule has 0 amide bonds. The van der Waals surface area contributed by atoms with E-state index >= 15 is 0 Å². The molecule has 2 aromatic carbocycles. The predicted molar refractivity (Wildman–Crippen MR) is 117 cm³/mol. The van der Waals surface area contributed by atoms with E-state index in [4.69, 9.17) is 4.74 Å². The molecule has 0 saturated carbocycles. The first kappa shape index (κ1) is 21.9. The Hall–Kier alpha value is -4.34. The Kier molecular flexibility index (Phi) is 5.74. The number of ether oxygens (including phenoxy) is 1. The molecule has 0 saturated heterocycles. The number of allylic oxidation sites excluding steroid dienone is 1. The fraction of sp³-hybridized carbons (Fsp3) is 0.130. The van der Waals surface area contributed by atoms with Crippen molar-refractivity contribution in [3.05, 3.63) is 99.5 Å². The molecule has 0 aliphatic heterocycles. The minimum atomic E-state index is -1.01. The molecule has 33 heavy (non-hydrogen) atoms. The molecular weight excluding hydrogens is 434 g/mol. The van der Waals surface area contributed by atoms with Gasteiger partial charge in [0.25, 0.3) is 5.56 Å². The van der Waals surface area contributed by atoms with E-state index in [2.05, 4.69) is 11.6 Å². The number of methoxy groups -OCH3 is 1. The lowest BCUT2D eigenvalue weighted by atomic mass is 10.1. The van der Waals surface area contributed by atoms with Crippen LogP contribution in [-0.4, -0.2) is 31.6 Å². The maximum absolute atomic E-state index is 14.6. The number of hydrogen-bond acceptors (Lipinski definition) is 5. The van der Waals surface area contributed by atoms with Crippen LogP contribution in [0.2, 0.25) is 0 Å². The maximum atomic E-state index is 14.6. The van der Waals surface area contributed by atoms with Crippen molar-refractivity contribution in [2.24, 2.45) is 0 Å². The number of carbonyl (C=O) groups is 1. The molecule has 4 rings (SSSR count). The monoisotopic (exact) mass is 452 g/mol. The van der Waals surface area contributed by atoms with Gasteiger partial charge in [0.05, 0.1) is 25.7 Å². The van der Waals surface area contributed by atoms with Gasteiger partial charge in [0, 0.05) is 18.2 Å². The molecule has 0 spiro atoms. The van der Waals surface area contributed by atoms with Crippen LogP contribution in [0.5, 0.6) is 5.75 Å². The molecule has 2 heterocycles. The quantitative estimate of drug-likeness (QED) is 0.318. The number of fused-ring (bicyclic) bond motifs is 1. The fourth-order valence-corrected chi connectivity index (χ4v) is 3.49. The van der Waals surface area contributed by atoms with Crippen molar-refractivity contribution < 1.29 is 18.3 Å². The van der Waals surface area contributed by atoms with Gasteiger partial charge in [-0.25, -0.2) is 23.1 Å². The smallest absolute Gasteiger partial charge is 0.337 e. The van der Waals surface area contributed by atoms with Crippen LogP contribution in [0.25, 0.3) is 16.9 Å². The van der Waals surface area contributed by atoms with E-state index in [1.54, 1.807) is 24.3 Å². The van der Waals surface area contributed by atoms with Crippen molar-refractivity contribution in [3.63, 3.8) is 0 Å². The van der Waals surface area contributed by atoms with Crippen molar-refractivity contribution in [2.75, 3.05) is 7.11 Å². The van der Waals surface area contributed by atoms with Crippen LogP contribution in [-0.2, 0) is 13.1 Å². The number of nitrogens with zero attached hydrogens (tertiary/aromatic N) is 4. The number of Topliss-reactive ketones (excluding diaryl/α,β-unsaturated/α-hetero) is 1. The summed E-state index contributed by atoms with van der Waals surface area (Å²) in [4.78, 5) is 43.1. The van der Waals surface area contributed by atoms with Crippen molar-refractivity contribution >= 4 is 16.9 Å². The molecule has 0 fully saturated rings. The van der Waals surface area contributed by atoms with E-state index in [0.717, 1.165) is 21.3 Å². The summed E-state index contributed by atoms with van der Waals surface area (Å²) in [5.41, 5.74) is -1.73. The second-order valence-corrected chi connectivity index (χ2v) is 7.11. The van der Waals surface area contributed by atoms with Gasteiger partial charge in [-0.3, -0.25) is 14.2 Å². The third kappa shape index (κ3) is 3.86. The highest BCUT2D eigenvalue weighted by Gasteiger charge is 2.22. The van der Waals surface area contributed by atoms with Gasteiger partial charge in [-0.1, -0.05) is 6.08 Å². The van der Waals surface area contributed by atoms with Crippen LogP contribution in [0.3, 0.4) is 0 Å². The van der Waals surface area contributed by atoms with E-state index < -0.39 is 22.9 Å². The minimum absolute atomic E-state index is 0.0814. The second kappa shape index (κ2) is 8.65. The van der Waals surface area contributed by atoms with Gasteiger partial charge in [0.1, 0.15) is 17.4 Å². The largest absolute Gasteiger partial charge is 0.497 e. The van der Waals surface area contributed by atoms with Crippen LogP contribution in [0.15, 0.2) is 71.0 Å². The number of imidazole rings is 1. The summed E-state index contributed by atoms with van der Waals surface area (Å²) >= 11 is 0. The highest BCUT2D eigenvalue weighted by atomic mass is 19.1. The highest BCUT2D eigenvalue weighted by molar-refractivity contribution is 5.96. The first-order valence-electron chi connectivity index (χ1n) is 9.80. The highest BCUT2D eigenvalue weighted by Crippen LogP contribution is 2.18. The molecule has 0 atom stereocenters. The Bertz CT molecular complexity index is 1500. The van der Waals surface area contributed by atoms with E-state index in [-0.39, 0.29) is 35.7 Å². The summed E-state index contributed by atoms with van der Waals surface area (Å²) in [5.74, 6) is -1.57. The standard InChI is InChI=1S/C23H18F2N4O4/c1-3-10-28-22(31)20-21(29(23(28)32)18-9-6-15(24)11-17(18)25)26-13-27(20)12-19(30)14-4-7-16(33-2)8-5-14/h3-9,11,13H,1,10,12H2,2H3. The van der Waals surface area contributed by atoms with Gasteiger partial charge in [-0.15, -0.1) is 6.58 Å². The van der Waals surface area contributed by atoms with Gasteiger partial charge in [0.15, 0.2) is 16.9 Å². The summed E-state index contributed by atoms with van der Waals surface area (Å²) in [6.07, 6.45) is 2.56. The summed E-state index contributed by atoms with van der Waals surface area (Å²) in [6, 6.07) is 9.12. The zero-order valence-corrected chi connectivity index (χ0v) is 17.5. The minimum Gasteiger partial charge on any atom is -0.497 e. The molecule has 8 nitrogen and oxygen atoms in total. The van der Waals surface area contributed by atoms with Crippen LogP contribution in [0.4, 0.5) is 8.78 Å². The number of ketones is 1. The number of rotatable bonds is 7. The molecule has 0 aliphatic rings. The van der Waals surface area contributed by atoms with E-state index in [1.807, 2.05) is 0 Å². The van der Waals surface area contributed by atoms with Crippen LogP contribution >= 0.6 is 0 Å².